The van der Waals surface area contributed by atoms with Crippen LogP contribution in [0.2, 0.25) is 0 Å². The van der Waals surface area contributed by atoms with Crippen LogP contribution in [-0.4, -0.2) is 41.9 Å². The summed E-state index contributed by atoms with van der Waals surface area (Å²) >= 11 is 0. The number of methoxy groups -OCH3 is 1. The molecule has 1 fully saturated rings. The number of hydrogen-bond donors (Lipinski definition) is 2. The third kappa shape index (κ3) is 1.30. The monoisotopic (exact) mass is 186 g/mol. The van der Waals surface area contributed by atoms with E-state index in [0.717, 1.165) is 5.57 Å². The van der Waals surface area contributed by atoms with Crippen molar-refractivity contribution in [2.24, 2.45) is 0 Å². The van der Waals surface area contributed by atoms with Crippen LogP contribution >= 0.6 is 0 Å². The molecular formula is C9H14O4. The normalized spacial score (nSPS) is 44.4. The van der Waals surface area contributed by atoms with Crippen LogP contribution in [0.3, 0.4) is 0 Å². The molecule has 1 heterocycles. The molecule has 13 heavy (non-hydrogen) atoms. The van der Waals surface area contributed by atoms with E-state index in [0.29, 0.717) is 19.4 Å². The van der Waals surface area contributed by atoms with Crippen LogP contribution in [0.5, 0.6) is 0 Å². The van der Waals surface area contributed by atoms with Gasteiger partial charge in [-0.15, -0.1) is 0 Å². The van der Waals surface area contributed by atoms with Gasteiger partial charge in [0.2, 0.25) is 0 Å². The maximum absolute atomic E-state index is 10.2. The Morgan fingerprint density at radius 1 is 1.69 bits per heavy atom. The van der Waals surface area contributed by atoms with Crippen LogP contribution in [0.1, 0.15) is 12.8 Å². The van der Waals surface area contributed by atoms with Gasteiger partial charge >= 0.3 is 0 Å². The second-order valence-electron chi connectivity index (χ2n) is 3.60. The Labute approximate surface area is 76.8 Å². The fraction of sp³-hybridized carbons (Fsp3) is 0.778. The third-order valence-electron chi connectivity index (χ3n) is 2.77. The highest BCUT2D eigenvalue weighted by molar-refractivity contribution is 5.26. The van der Waals surface area contributed by atoms with Crippen LogP contribution in [0.15, 0.2) is 11.6 Å². The van der Waals surface area contributed by atoms with Crippen molar-refractivity contribution >= 4 is 0 Å². The largest absolute Gasteiger partial charge is 0.389 e. The summed E-state index contributed by atoms with van der Waals surface area (Å²) in [6.45, 7) is 0.353. The van der Waals surface area contributed by atoms with Crippen LogP contribution in [0, 0.1) is 0 Å². The molecule has 0 aromatic carbocycles. The zero-order valence-electron chi connectivity index (χ0n) is 7.56. The van der Waals surface area contributed by atoms with E-state index < -0.39 is 18.0 Å². The van der Waals surface area contributed by atoms with E-state index in [1.54, 1.807) is 6.08 Å². The number of aliphatic hydroxyl groups is 2. The van der Waals surface area contributed by atoms with Crippen molar-refractivity contribution in [2.45, 2.75) is 30.8 Å². The Bertz CT molecular complexity index is 238. The molecule has 0 aromatic rings. The average molecular weight is 186 g/mol. The average Bonchev–Trinajstić information content (AvgIpc) is 2.42. The quantitative estimate of drug-likeness (QED) is 0.557. The third-order valence-corrected chi connectivity index (χ3v) is 2.77. The second-order valence-corrected chi connectivity index (χ2v) is 3.60. The predicted octanol–water partition coefficient (Wildman–Crippen LogP) is -0.199. The van der Waals surface area contributed by atoms with E-state index in [4.69, 9.17) is 9.47 Å². The van der Waals surface area contributed by atoms with Gasteiger partial charge in [0.15, 0.2) is 6.29 Å². The SMILES string of the molecule is COC1OCC2=C[C@@H](O)CC[C@]21O. The molecule has 1 aliphatic heterocycles. The summed E-state index contributed by atoms with van der Waals surface area (Å²) in [5.74, 6) is 0. The molecule has 1 aliphatic carbocycles. The minimum absolute atomic E-state index is 0.353. The summed E-state index contributed by atoms with van der Waals surface area (Å²) < 4.78 is 10.3. The number of aliphatic hydroxyl groups excluding tert-OH is 1. The van der Waals surface area contributed by atoms with Gasteiger partial charge in [-0.25, -0.2) is 0 Å². The number of rotatable bonds is 1. The molecule has 0 radical (unpaired) electrons. The van der Waals surface area contributed by atoms with Crippen molar-refractivity contribution in [1.29, 1.82) is 0 Å². The minimum Gasteiger partial charge on any atom is -0.389 e. The Morgan fingerprint density at radius 2 is 2.46 bits per heavy atom. The summed E-state index contributed by atoms with van der Waals surface area (Å²) in [6, 6.07) is 0. The van der Waals surface area contributed by atoms with Crippen molar-refractivity contribution in [3.8, 4) is 0 Å². The van der Waals surface area contributed by atoms with Crippen LogP contribution < -0.4 is 0 Å². The standard InChI is InChI=1S/C9H14O4/c1-12-8-9(11)3-2-7(10)4-6(9)5-13-8/h4,7-8,10-11H,2-3,5H2,1H3/t7-,8?,9-/m0/s1. The highest BCUT2D eigenvalue weighted by atomic mass is 16.7. The summed E-state index contributed by atoms with van der Waals surface area (Å²) in [4.78, 5) is 0. The highest BCUT2D eigenvalue weighted by Crippen LogP contribution is 2.39. The fourth-order valence-corrected chi connectivity index (χ4v) is 2.00. The summed E-state index contributed by atoms with van der Waals surface area (Å²) in [5, 5.41) is 19.5. The summed E-state index contributed by atoms with van der Waals surface area (Å²) in [7, 11) is 1.51. The molecule has 0 bridgehead atoms. The predicted molar refractivity (Wildman–Crippen MR) is 45.0 cm³/mol. The smallest absolute Gasteiger partial charge is 0.190 e. The number of ether oxygens (including phenoxy) is 2. The second kappa shape index (κ2) is 3.06. The van der Waals surface area contributed by atoms with Gasteiger partial charge < -0.3 is 19.7 Å². The molecule has 1 unspecified atom stereocenters. The molecule has 0 aromatic heterocycles. The van der Waals surface area contributed by atoms with Crippen molar-refractivity contribution in [3.05, 3.63) is 11.6 Å². The molecule has 2 rings (SSSR count). The molecule has 2 N–H and O–H groups in total. The van der Waals surface area contributed by atoms with Crippen molar-refractivity contribution < 1.29 is 19.7 Å². The van der Waals surface area contributed by atoms with E-state index in [2.05, 4.69) is 0 Å². The van der Waals surface area contributed by atoms with Crippen LogP contribution in [-0.2, 0) is 9.47 Å². The van der Waals surface area contributed by atoms with Gasteiger partial charge in [0.25, 0.3) is 0 Å². The topological polar surface area (TPSA) is 58.9 Å². The lowest BCUT2D eigenvalue weighted by Gasteiger charge is -2.32. The van der Waals surface area contributed by atoms with Gasteiger partial charge in [-0.2, -0.15) is 0 Å². The summed E-state index contributed by atoms with van der Waals surface area (Å²) in [6.07, 6.45) is 1.70. The Morgan fingerprint density at radius 3 is 3.15 bits per heavy atom. The molecule has 0 saturated carbocycles. The molecule has 1 saturated heterocycles. The van der Waals surface area contributed by atoms with Crippen molar-refractivity contribution in [3.63, 3.8) is 0 Å². The number of hydrogen-bond acceptors (Lipinski definition) is 4. The first-order valence-electron chi connectivity index (χ1n) is 4.43. The maximum Gasteiger partial charge on any atom is 0.190 e. The van der Waals surface area contributed by atoms with E-state index in [1.165, 1.54) is 7.11 Å². The van der Waals surface area contributed by atoms with Gasteiger partial charge in [0.05, 0.1) is 12.7 Å². The van der Waals surface area contributed by atoms with E-state index in [9.17, 15) is 10.2 Å². The van der Waals surface area contributed by atoms with Crippen LogP contribution in [0.4, 0.5) is 0 Å². The van der Waals surface area contributed by atoms with Gasteiger partial charge in [-0.1, -0.05) is 6.08 Å². The first-order chi connectivity index (χ1) is 6.16. The van der Waals surface area contributed by atoms with Crippen molar-refractivity contribution in [1.82, 2.24) is 0 Å². The Balaban J connectivity index is 2.27. The Hall–Kier alpha value is -0.420. The zero-order valence-corrected chi connectivity index (χ0v) is 7.56. The molecule has 74 valence electrons. The first-order valence-corrected chi connectivity index (χ1v) is 4.43. The lowest BCUT2D eigenvalue weighted by molar-refractivity contribution is -0.176. The zero-order chi connectivity index (χ0) is 9.47. The highest BCUT2D eigenvalue weighted by Gasteiger charge is 2.48. The molecule has 0 amide bonds. The molecule has 2 aliphatic rings. The van der Waals surface area contributed by atoms with E-state index in [-0.39, 0.29) is 0 Å². The van der Waals surface area contributed by atoms with Gasteiger partial charge in [-0.05, 0) is 18.4 Å². The lowest BCUT2D eigenvalue weighted by Crippen LogP contribution is -2.43. The molecule has 0 spiro atoms. The molecular weight excluding hydrogens is 172 g/mol. The van der Waals surface area contributed by atoms with Gasteiger partial charge in [-0.3, -0.25) is 0 Å². The Kier molecular flexibility index (Phi) is 2.15. The van der Waals surface area contributed by atoms with Gasteiger partial charge in [0.1, 0.15) is 5.60 Å². The van der Waals surface area contributed by atoms with Crippen LogP contribution in [0.25, 0.3) is 0 Å². The maximum atomic E-state index is 10.2. The number of fused-ring (bicyclic) bond motifs is 1. The summed E-state index contributed by atoms with van der Waals surface area (Å²) in [5.41, 5.74) is -0.258. The van der Waals surface area contributed by atoms with E-state index in [1.807, 2.05) is 0 Å². The van der Waals surface area contributed by atoms with Gasteiger partial charge in [0, 0.05) is 7.11 Å². The van der Waals surface area contributed by atoms with Crippen molar-refractivity contribution in [2.75, 3.05) is 13.7 Å². The fourth-order valence-electron chi connectivity index (χ4n) is 2.00. The molecule has 4 nitrogen and oxygen atoms in total. The van der Waals surface area contributed by atoms with E-state index >= 15 is 0 Å². The molecule has 3 atom stereocenters. The molecule has 4 heteroatoms. The minimum atomic E-state index is -1.01. The first kappa shape index (κ1) is 9.15. The lowest BCUT2D eigenvalue weighted by atomic mass is 9.83.